The molecule has 308 valence electrons. The summed E-state index contributed by atoms with van der Waals surface area (Å²) in [4.78, 5) is 41.3. The van der Waals surface area contributed by atoms with Gasteiger partial charge in [-0.15, -0.1) is 0 Å². The van der Waals surface area contributed by atoms with Crippen LogP contribution in [-0.2, 0) is 32.0 Å². The third-order valence-corrected chi connectivity index (χ3v) is 10.9. The Morgan fingerprint density at radius 2 is 1.05 bits per heavy atom. The third kappa shape index (κ3) is 12.6. The normalized spacial score (nSPS) is 12.0. The van der Waals surface area contributed by atoms with Gasteiger partial charge in [0.2, 0.25) is 17.7 Å². The first-order valence-corrected chi connectivity index (χ1v) is 20.7. The van der Waals surface area contributed by atoms with Crippen LogP contribution in [0.3, 0.4) is 0 Å². The topological polar surface area (TPSA) is 105 Å². The Balaban J connectivity index is 0.000000227. The van der Waals surface area contributed by atoms with E-state index >= 15 is 0 Å². The number of ether oxygens (including phenoxy) is 1. The molecule has 8 nitrogen and oxygen atoms in total. The molecule has 0 radical (unpaired) electrons. The molecule has 0 saturated carbocycles. The Bertz CT molecular complexity index is 2300. The van der Waals surface area contributed by atoms with E-state index in [1.807, 2.05) is 40.1 Å². The van der Waals surface area contributed by atoms with E-state index in [4.69, 9.17) is 10.5 Å². The fourth-order valence-corrected chi connectivity index (χ4v) is 7.85. The van der Waals surface area contributed by atoms with Gasteiger partial charge in [0.15, 0.2) is 0 Å². The SMILES string of the molecule is COCC(=O)NCC(=O)N(CCCc1cccc(C)c1)[C@H](C)c1cccc2ccccc12.Cc1cccc(CCCN(C(=O)CN)[C@H](C)c2cccc3ccccc23)c1. The predicted octanol–water partition coefficient (Wildman–Crippen LogP) is 9.06. The van der Waals surface area contributed by atoms with E-state index in [9.17, 15) is 14.4 Å². The van der Waals surface area contributed by atoms with Crippen molar-refractivity contribution >= 4 is 39.3 Å². The van der Waals surface area contributed by atoms with E-state index in [0.29, 0.717) is 13.1 Å². The fourth-order valence-electron chi connectivity index (χ4n) is 7.85. The Labute approximate surface area is 350 Å². The van der Waals surface area contributed by atoms with E-state index in [1.54, 1.807) is 0 Å². The summed E-state index contributed by atoms with van der Waals surface area (Å²) in [5, 5.41) is 7.35. The van der Waals surface area contributed by atoms with Crippen LogP contribution in [0.4, 0.5) is 0 Å². The van der Waals surface area contributed by atoms with Crippen molar-refractivity contribution in [1.29, 1.82) is 0 Å². The number of fused-ring (bicyclic) bond motifs is 2. The summed E-state index contributed by atoms with van der Waals surface area (Å²) in [6.45, 7) is 9.61. The number of nitrogens with zero attached hydrogens (tertiary/aromatic N) is 2. The molecule has 0 spiro atoms. The number of rotatable bonds is 17. The molecule has 3 amide bonds. The van der Waals surface area contributed by atoms with E-state index < -0.39 is 0 Å². The summed E-state index contributed by atoms with van der Waals surface area (Å²) in [6.07, 6.45) is 3.61. The van der Waals surface area contributed by atoms with Gasteiger partial charge < -0.3 is 25.6 Å². The van der Waals surface area contributed by atoms with Crippen molar-refractivity contribution in [3.8, 4) is 0 Å². The molecule has 8 heteroatoms. The van der Waals surface area contributed by atoms with Crippen molar-refractivity contribution in [2.75, 3.05) is 39.9 Å². The molecule has 6 aromatic rings. The number of carbonyl (C=O) groups excluding carboxylic acids is 3. The summed E-state index contributed by atoms with van der Waals surface area (Å²) < 4.78 is 4.85. The summed E-state index contributed by atoms with van der Waals surface area (Å²) in [7, 11) is 1.46. The molecule has 0 aliphatic rings. The van der Waals surface area contributed by atoms with Crippen LogP contribution < -0.4 is 11.1 Å². The van der Waals surface area contributed by atoms with E-state index in [-0.39, 0.29) is 49.5 Å². The third-order valence-electron chi connectivity index (χ3n) is 10.9. The number of hydrogen-bond acceptors (Lipinski definition) is 5. The summed E-state index contributed by atoms with van der Waals surface area (Å²) >= 11 is 0. The fraction of sp³-hybridized carbons (Fsp3) is 0.314. The Hall–Kier alpha value is -5.83. The second-order valence-corrected chi connectivity index (χ2v) is 15.3. The van der Waals surface area contributed by atoms with Crippen LogP contribution in [0.5, 0.6) is 0 Å². The van der Waals surface area contributed by atoms with Crippen LogP contribution in [0.15, 0.2) is 133 Å². The molecule has 0 unspecified atom stereocenters. The average molecular weight is 793 g/mol. The Morgan fingerprint density at radius 3 is 1.51 bits per heavy atom. The smallest absolute Gasteiger partial charge is 0.246 e. The van der Waals surface area contributed by atoms with Crippen molar-refractivity contribution in [2.45, 2.75) is 65.5 Å². The lowest BCUT2D eigenvalue weighted by Gasteiger charge is -2.31. The monoisotopic (exact) mass is 792 g/mol. The largest absolute Gasteiger partial charge is 0.375 e. The van der Waals surface area contributed by atoms with Crippen molar-refractivity contribution in [2.24, 2.45) is 5.73 Å². The molecule has 6 aromatic carbocycles. The second-order valence-electron chi connectivity index (χ2n) is 15.3. The minimum atomic E-state index is -0.293. The van der Waals surface area contributed by atoms with Gasteiger partial charge in [0.05, 0.1) is 25.2 Å². The number of aryl methyl sites for hydroxylation is 4. The first-order valence-electron chi connectivity index (χ1n) is 20.7. The molecule has 0 aromatic heterocycles. The molecule has 3 N–H and O–H groups in total. The van der Waals surface area contributed by atoms with Crippen molar-refractivity contribution in [1.82, 2.24) is 15.1 Å². The number of hydrogen-bond donors (Lipinski definition) is 2. The number of nitrogens with one attached hydrogen (secondary N) is 1. The van der Waals surface area contributed by atoms with Gasteiger partial charge in [-0.1, -0.05) is 145 Å². The van der Waals surface area contributed by atoms with Crippen molar-refractivity contribution in [3.63, 3.8) is 0 Å². The van der Waals surface area contributed by atoms with Crippen LogP contribution in [0.1, 0.15) is 72.2 Å². The van der Waals surface area contributed by atoms with E-state index in [1.165, 1.54) is 45.7 Å². The number of amides is 3. The van der Waals surface area contributed by atoms with E-state index in [0.717, 1.165) is 42.0 Å². The molecule has 0 bridgehead atoms. The minimum Gasteiger partial charge on any atom is -0.375 e. The quantitative estimate of drug-likeness (QED) is 0.0960. The molecular formula is C51H60N4O4. The predicted molar refractivity (Wildman–Crippen MR) is 241 cm³/mol. The summed E-state index contributed by atoms with van der Waals surface area (Å²) in [5.41, 5.74) is 13.1. The lowest BCUT2D eigenvalue weighted by molar-refractivity contribution is -0.135. The molecule has 0 aliphatic carbocycles. The molecule has 59 heavy (non-hydrogen) atoms. The van der Waals surface area contributed by atoms with Crippen LogP contribution >= 0.6 is 0 Å². The maximum Gasteiger partial charge on any atom is 0.246 e. The van der Waals surface area contributed by atoms with Crippen LogP contribution in [0.2, 0.25) is 0 Å². The number of carbonyl (C=O) groups is 3. The van der Waals surface area contributed by atoms with Gasteiger partial charge in [0.25, 0.3) is 0 Å². The summed E-state index contributed by atoms with van der Waals surface area (Å²) in [5.74, 6) is -0.391. The van der Waals surface area contributed by atoms with Gasteiger partial charge in [0.1, 0.15) is 6.61 Å². The first-order chi connectivity index (χ1) is 28.6. The second kappa shape index (κ2) is 22.4. The van der Waals surface area contributed by atoms with Gasteiger partial charge in [-0.05, 0) is 97.2 Å². The van der Waals surface area contributed by atoms with Gasteiger partial charge in [-0.3, -0.25) is 14.4 Å². The van der Waals surface area contributed by atoms with Crippen LogP contribution in [0.25, 0.3) is 21.5 Å². The molecular weight excluding hydrogens is 733 g/mol. The van der Waals surface area contributed by atoms with Gasteiger partial charge >= 0.3 is 0 Å². The van der Waals surface area contributed by atoms with Crippen LogP contribution in [0, 0.1) is 13.8 Å². The number of benzene rings is 6. The van der Waals surface area contributed by atoms with Gasteiger partial charge in [0, 0.05) is 20.2 Å². The van der Waals surface area contributed by atoms with Crippen molar-refractivity contribution < 1.29 is 19.1 Å². The van der Waals surface area contributed by atoms with E-state index in [2.05, 4.69) is 136 Å². The molecule has 0 aliphatic heterocycles. The lowest BCUT2D eigenvalue weighted by Crippen LogP contribution is -2.42. The highest BCUT2D eigenvalue weighted by atomic mass is 16.5. The molecule has 0 heterocycles. The Kier molecular flexibility index (Phi) is 16.8. The maximum absolute atomic E-state index is 13.2. The van der Waals surface area contributed by atoms with Crippen molar-refractivity contribution in [3.05, 3.63) is 167 Å². The lowest BCUT2D eigenvalue weighted by atomic mass is 9.98. The standard InChI is InChI=1S/C27H32N2O3.C24H28N2O/c1-20-9-6-10-22(17-20)11-8-16-29(27(31)18-28-26(30)19-32-3)21(2)24-15-7-13-23-12-4-5-14-25(23)24;1-18-8-5-9-20(16-18)10-7-15-26(24(27)17-25)19(2)22-14-6-12-21-11-3-4-13-23(21)22/h4-7,9-10,12-15,17,21H,8,11,16,18-19H2,1-3H3,(H,28,30);3-6,8-9,11-14,16,19H,7,10,15,17,25H2,1-2H3/t21-;19-/m11/s1. The zero-order valence-corrected chi connectivity index (χ0v) is 35.3. The highest BCUT2D eigenvalue weighted by molar-refractivity contribution is 5.89. The zero-order valence-electron chi connectivity index (χ0n) is 35.3. The first kappa shape index (κ1) is 44.3. The Morgan fingerprint density at radius 1 is 0.610 bits per heavy atom. The minimum absolute atomic E-state index is 0.000300. The maximum atomic E-state index is 13.2. The highest BCUT2D eigenvalue weighted by Crippen LogP contribution is 2.30. The summed E-state index contributed by atoms with van der Waals surface area (Å²) in [6, 6.07) is 45.9. The van der Waals surface area contributed by atoms with Gasteiger partial charge in [-0.25, -0.2) is 0 Å². The highest BCUT2D eigenvalue weighted by Gasteiger charge is 2.24. The average Bonchev–Trinajstić information content (AvgIpc) is 3.25. The molecule has 0 saturated heterocycles. The van der Waals surface area contributed by atoms with Crippen LogP contribution in [-0.4, -0.2) is 67.4 Å². The zero-order chi connectivity index (χ0) is 42.1. The molecule has 6 rings (SSSR count). The number of methoxy groups -OCH3 is 1. The van der Waals surface area contributed by atoms with Gasteiger partial charge in [-0.2, -0.15) is 0 Å². The molecule has 2 atom stereocenters. The molecule has 0 fully saturated rings. The number of nitrogens with two attached hydrogens (primary N) is 1.